The fourth-order valence-corrected chi connectivity index (χ4v) is 2.98. The van der Waals surface area contributed by atoms with Crippen molar-refractivity contribution in [3.05, 3.63) is 65.6 Å². The molecule has 8 heteroatoms. The second-order valence-corrected chi connectivity index (χ2v) is 7.73. The number of hydrogen-bond acceptors (Lipinski definition) is 5. The molecule has 0 unspecified atom stereocenters. The number of anilines is 1. The van der Waals surface area contributed by atoms with Gasteiger partial charge < -0.3 is 9.73 Å². The summed E-state index contributed by atoms with van der Waals surface area (Å²) in [6.45, 7) is 0. The van der Waals surface area contributed by atoms with Gasteiger partial charge in [0, 0.05) is 17.4 Å². The number of halogens is 1. The lowest BCUT2D eigenvalue weighted by Gasteiger charge is -2.09. The van der Waals surface area contributed by atoms with Gasteiger partial charge in [-0.3, -0.25) is 4.79 Å². The summed E-state index contributed by atoms with van der Waals surface area (Å²) >= 11 is 6.04. The van der Waals surface area contributed by atoms with E-state index in [1.54, 1.807) is 30.5 Å². The zero-order chi connectivity index (χ0) is 18.0. The van der Waals surface area contributed by atoms with Gasteiger partial charge in [0.1, 0.15) is 0 Å². The minimum Gasteiger partial charge on any atom is -0.444 e. The largest absolute Gasteiger partial charge is 0.444 e. The minimum absolute atomic E-state index is 0.0767. The summed E-state index contributed by atoms with van der Waals surface area (Å²) in [4.78, 5) is 16.3. The zero-order valence-electron chi connectivity index (χ0n) is 13.1. The van der Waals surface area contributed by atoms with Crippen LogP contribution in [0.3, 0.4) is 0 Å². The van der Waals surface area contributed by atoms with Crippen molar-refractivity contribution in [3.63, 3.8) is 0 Å². The Morgan fingerprint density at radius 2 is 1.88 bits per heavy atom. The van der Waals surface area contributed by atoms with Gasteiger partial charge in [0.15, 0.2) is 22.0 Å². The molecule has 25 heavy (non-hydrogen) atoms. The van der Waals surface area contributed by atoms with Crippen LogP contribution in [0.5, 0.6) is 0 Å². The number of carbonyl (C=O) groups is 1. The van der Waals surface area contributed by atoms with Crippen molar-refractivity contribution in [2.75, 3.05) is 11.6 Å². The van der Waals surface area contributed by atoms with Gasteiger partial charge in [-0.2, -0.15) is 0 Å². The molecule has 3 aromatic rings. The lowest BCUT2D eigenvalue weighted by Crippen LogP contribution is -2.12. The van der Waals surface area contributed by atoms with Gasteiger partial charge in [-0.1, -0.05) is 23.7 Å². The molecule has 0 aliphatic rings. The van der Waals surface area contributed by atoms with Crippen molar-refractivity contribution >= 4 is 33.0 Å². The van der Waals surface area contributed by atoms with E-state index in [0.29, 0.717) is 11.3 Å². The van der Waals surface area contributed by atoms with Crippen molar-refractivity contribution in [2.24, 2.45) is 0 Å². The molecule has 1 N–H and O–H groups in total. The van der Waals surface area contributed by atoms with Gasteiger partial charge >= 0.3 is 0 Å². The van der Waals surface area contributed by atoms with Gasteiger partial charge in [-0.05, 0) is 30.3 Å². The van der Waals surface area contributed by atoms with Crippen LogP contribution in [-0.2, 0) is 9.84 Å². The van der Waals surface area contributed by atoms with E-state index < -0.39 is 15.7 Å². The van der Waals surface area contributed by atoms with Crippen molar-refractivity contribution in [2.45, 2.75) is 4.90 Å². The maximum atomic E-state index is 12.4. The summed E-state index contributed by atoms with van der Waals surface area (Å²) < 4.78 is 28.5. The minimum atomic E-state index is -3.40. The number of nitrogens with one attached hydrogen (secondary N) is 1. The van der Waals surface area contributed by atoms with E-state index in [1.165, 1.54) is 24.6 Å². The Morgan fingerprint density at radius 1 is 1.16 bits per heavy atom. The first-order valence-electron chi connectivity index (χ1n) is 7.14. The summed E-state index contributed by atoms with van der Waals surface area (Å²) in [6.07, 6.45) is 3.99. The van der Waals surface area contributed by atoms with E-state index in [-0.39, 0.29) is 15.6 Å². The quantitative estimate of drug-likeness (QED) is 0.750. The summed E-state index contributed by atoms with van der Waals surface area (Å²) in [5.41, 5.74) is 1.41. The molecule has 0 spiro atoms. The molecule has 0 saturated heterocycles. The Morgan fingerprint density at radius 3 is 2.48 bits per heavy atom. The smallest absolute Gasteiger partial charge is 0.255 e. The van der Waals surface area contributed by atoms with E-state index in [1.807, 2.05) is 0 Å². The molecular formula is C17H13ClN2O4S. The molecule has 0 atom stereocenters. The second-order valence-electron chi connectivity index (χ2n) is 5.31. The van der Waals surface area contributed by atoms with E-state index in [0.717, 1.165) is 11.8 Å². The highest BCUT2D eigenvalue weighted by Gasteiger charge is 2.13. The highest BCUT2D eigenvalue weighted by molar-refractivity contribution is 7.90. The fraction of sp³-hybridized carbons (Fsp3) is 0.0588. The van der Waals surface area contributed by atoms with Crippen molar-refractivity contribution < 1.29 is 17.6 Å². The first kappa shape index (κ1) is 17.2. The summed E-state index contributed by atoms with van der Waals surface area (Å²) in [6, 6.07) is 10.9. The molecule has 0 saturated carbocycles. The Labute approximate surface area is 149 Å². The van der Waals surface area contributed by atoms with E-state index >= 15 is 0 Å². The monoisotopic (exact) mass is 376 g/mol. The molecular weight excluding hydrogens is 364 g/mol. The van der Waals surface area contributed by atoms with Crippen molar-refractivity contribution in [1.29, 1.82) is 0 Å². The normalized spacial score (nSPS) is 11.3. The molecule has 1 amide bonds. The molecule has 6 nitrogen and oxygen atoms in total. The summed E-state index contributed by atoms with van der Waals surface area (Å²) in [7, 11) is -3.40. The number of sulfone groups is 1. The number of hydrogen-bond donors (Lipinski definition) is 1. The van der Waals surface area contributed by atoms with Crippen LogP contribution in [0.25, 0.3) is 11.3 Å². The zero-order valence-corrected chi connectivity index (χ0v) is 14.6. The maximum Gasteiger partial charge on any atom is 0.255 e. The van der Waals surface area contributed by atoms with E-state index in [2.05, 4.69) is 10.3 Å². The number of nitrogens with zero attached hydrogens (tertiary/aromatic N) is 1. The topological polar surface area (TPSA) is 89.3 Å². The summed E-state index contributed by atoms with van der Waals surface area (Å²) in [5, 5.41) is 2.87. The van der Waals surface area contributed by atoms with E-state index in [4.69, 9.17) is 16.0 Å². The third-order valence-electron chi connectivity index (χ3n) is 3.48. The first-order valence-corrected chi connectivity index (χ1v) is 9.41. The summed E-state index contributed by atoms with van der Waals surface area (Å²) in [5.74, 6) is 0.188. The predicted molar refractivity (Wildman–Crippen MR) is 94.5 cm³/mol. The van der Waals surface area contributed by atoms with Gasteiger partial charge in [-0.15, -0.1) is 0 Å². The van der Waals surface area contributed by atoms with E-state index in [9.17, 15) is 13.2 Å². The van der Waals surface area contributed by atoms with Crippen LogP contribution >= 0.6 is 11.6 Å². The molecule has 1 heterocycles. The third-order valence-corrected chi connectivity index (χ3v) is 4.92. The van der Waals surface area contributed by atoms with Gasteiger partial charge in [-0.25, -0.2) is 13.4 Å². The van der Waals surface area contributed by atoms with Crippen LogP contribution in [0.1, 0.15) is 10.4 Å². The standard InChI is InChI=1S/C17H13ClN2O4S/c1-25(22,23)13-6-7-14(18)15(8-13)20-17(21)12-4-2-11(3-5-12)16-9-19-10-24-16/h2-10H,1H3,(H,20,21). The number of amides is 1. The number of benzene rings is 2. The van der Waals surface area contributed by atoms with Crippen LogP contribution in [0, 0.1) is 0 Å². The number of aromatic nitrogens is 1. The van der Waals surface area contributed by atoms with Crippen LogP contribution in [0.4, 0.5) is 5.69 Å². The Bertz CT molecular complexity index is 1010. The first-order chi connectivity index (χ1) is 11.8. The number of rotatable bonds is 4. The molecule has 0 aliphatic heterocycles. The van der Waals surface area contributed by atoms with Gasteiger partial charge in [0.25, 0.3) is 5.91 Å². The molecule has 2 aromatic carbocycles. The lowest BCUT2D eigenvalue weighted by molar-refractivity contribution is 0.102. The predicted octanol–water partition coefficient (Wildman–Crippen LogP) is 3.65. The van der Waals surface area contributed by atoms with Gasteiger partial charge in [0.2, 0.25) is 0 Å². The number of oxazole rings is 1. The molecule has 1 aromatic heterocycles. The van der Waals surface area contributed by atoms with Crippen molar-refractivity contribution in [3.8, 4) is 11.3 Å². The van der Waals surface area contributed by atoms with Crippen LogP contribution in [0.15, 0.2) is 64.4 Å². The highest BCUT2D eigenvalue weighted by Crippen LogP contribution is 2.26. The molecule has 0 aliphatic carbocycles. The highest BCUT2D eigenvalue weighted by atomic mass is 35.5. The van der Waals surface area contributed by atoms with Crippen LogP contribution in [0.2, 0.25) is 5.02 Å². The number of carbonyl (C=O) groups excluding carboxylic acids is 1. The van der Waals surface area contributed by atoms with Gasteiger partial charge in [0.05, 0.1) is 21.8 Å². The van der Waals surface area contributed by atoms with Crippen molar-refractivity contribution in [1.82, 2.24) is 4.98 Å². The SMILES string of the molecule is CS(=O)(=O)c1ccc(Cl)c(NC(=O)c2ccc(-c3cnco3)cc2)c1. The average molecular weight is 377 g/mol. The molecule has 0 bridgehead atoms. The molecule has 0 radical (unpaired) electrons. The molecule has 3 rings (SSSR count). The Hall–Kier alpha value is -2.64. The second kappa shape index (κ2) is 6.70. The van der Waals surface area contributed by atoms with Crippen LogP contribution < -0.4 is 5.32 Å². The Balaban J connectivity index is 1.83. The Kier molecular flexibility index (Phi) is 4.61. The average Bonchev–Trinajstić information content (AvgIpc) is 3.10. The molecule has 128 valence electrons. The fourth-order valence-electron chi connectivity index (χ4n) is 2.17. The molecule has 0 fully saturated rings. The lowest BCUT2D eigenvalue weighted by atomic mass is 10.1. The third kappa shape index (κ3) is 3.89. The van der Waals surface area contributed by atoms with Crippen LogP contribution in [-0.4, -0.2) is 25.6 Å². The maximum absolute atomic E-state index is 12.4.